The topological polar surface area (TPSA) is 6.48 Å². The predicted molar refractivity (Wildman–Crippen MR) is 59.8 cm³/mol. The van der Waals surface area contributed by atoms with Crippen molar-refractivity contribution in [2.45, 2.75) is 27.7 Å². The van der Waals surface area contributed by atoms with Crippen molar-refractivity contribution in [3.8, 4) is 0 Å². The Kier molecular flexibility index (Phi) is 25.5. The highest BCUT2D eigenvalue weighted by Gasteiger charge is 1.72. The van der Waals surface area contributed by atoms with E-state index >= 15 is 0 Å². The second-order valence-electron chi connectivity index (χ2n) is 2.79. The minimum absolute atomic E-state index is 1.14. The Balaban J connectivity index is -0.000000112. The molecular weight excluding hydrogens is 148 g/mol. The van der Waals surface area contributed by atoms with Crippen molar-refractivity contribution in [2.24, 2.45) is 0 Å². The van der Waals surface area contributed by atoms with Gasteiger partial charge in [0.2, 0.25) is 0 Å². The zero-order chi connectivity index (χ0) is 10.6. The second-order valence-corrected chi connectivity index (χ2v) is 2.79. The molecule has 0 fully saturated rings. The Labute approximate surface area is 79.6 Å². The number of hydrogen-bond donors (Lipinski definition) is 0. The fraction of sp³-hybridized carbons (Fsp3) is 1.00. The van der Waals surface area contributed by atoms with E-state index in [1.54, 1.807) is 0 Å². The molecule has 0 aromatic carbocycles. The van der Waals surface area contributed by atoms with Crippen molar-refractivity contribution in [3.05, 3.63) is 0 Å². The van der Waals surface area contributed by atoms with Gasteiger partial charge in [-0.15, -0.1) is 0 Å². The van der Waals surface area contributed by atoms with Crippen molar-refractivity contribution in [1.82, 2.24) is 9.80 Å². The summed E-state index contributed by atoms with van der Waals surface area (Å²) in [6.45, 7) is 10.5. The molecule has 0 aliphatic rings. The van der Waals surface area contributed by atoms with E-state index in [1.807, 2.05) is 13.8 Å². The maximum absolute atomic E-state index is 2.12. The summed E-state index contributed by atoms with van der Waals surface area (Å²) >= 11 is 0. The normalized spacial score (nSPS) is 8.50. The van der Waals surface area contributed by atoms with E-state index in [-0.39, 0.29) is 0 Å². The highest BCUT2D eigenvalue weighted by molar-refractivity contribution is 4.26. The molecule has 0 heterocycles. The van der Waals surface area contributed by atoms with Gasteiger partial charge in [0.1, 0.15) is 0 Å². The Morgan fingerprint density at radius 2 is 0.750 bits per heavy atom. The summed E-state index contributed by atoms with van der Waals surface area (Å²) in [6, 6.07) is 0. The van der Waals surface area contributed by atoms with E-state index < -0.39 is 0 Å². The molecule has 0 aromatic heterocycles. The fourth-order valence-corrected chi connectivity index (χ4v) is 0. The lowest BCUT2D eigenvalue weighted by atomic mass is 10.7. The van der Waals surface area contributed by atoms with Crippen LogP contribution in [0.15, 0.2) is 0 Å². The lowest BCUT2D eigenvalue weighted by molar-refractivity contribution is 0.434. The first-order valence-corrected chi connectivity index (χ1v) is 4.84. The number of nitrogens with zero attached hydrogens (tertiary/aromatic N) is 2. The molecule has 0 atom stereocenters. The van der Waals surface area contributed by atoms with Crippen LogP contribution in [0.25, 0.3) is 0 Å². The first-order valence-electron chi connectivity index (χ1n) is 4.84. The van der Waals surface area contributed by atoms with Gasteiger partial charge in [0, 0.05) is 0 Å². The molecule has 0 saturated heterocycles. The summed E-state index contributed by atoms with van der Waals surface area (Å²) in [5, 5.41) is 0. The molecule has 2 heteroatoms. The van der Waals surface area contributed by atoms with E-state index in [4.69, 9.17) is 0 Å². The minimum atomic E-state index is 1.14. The van der Waals surface area contributed by atoms with Gasteiger partial charge >= 0.3 is 0 Å². The third-order valence-electron chi connectivity index (χ3n) is 1.26. The summed E-state index contributed by atoms with van der Waals surface area (Å²) in [6.07, 6.45) is 0. The van der Waals surface area contributed by atoms with Gasteiger partial charge in [0.15, 0.2) is 0 Å². The van der Waals surface area contributed by atoms with Gasteiger partial charge in [-0.05, 0) is 41.3 Å². The van der Waals surface area contributed by atoms with Crippen LogP contribution < -0.4 is 0 Å². The van der Waals surface area contributed by atoms with Crippen LogP contribution in [-0.2, 0) is 0 Å². The predicted octanol–water partition coefficient (Wildman–Crippen LogP) is 2.16. The minimum Gasteiger partial charge on any atom is -0.310 e. The van der Waals surface area contributed by atoms with Crippen LogP contribution >= 0.6 is 0 Å². The summed E-state index contributed by atoms with van der Waals surface area (Å²) in [5.74, 6) is 0. The van der Waals surface area contributed by atoms with Gasteiger partial charge in [-0.3, -0.25) is 0 Å². The summed E-state index contributed by atoms with van der Waals surface area (Å²) in [4.78, 5) is 4.25. The fourth-order valence-electron chi connectivity index (χ4n) is 0. The third kappa shape index (κ3) is 51.4. The van der Waals surface area contributed by atoms with Gasteiger partial charge in [0.05, 0.1) is 0 Å². The van der Waals surface area contributed by atoms with Gasteiger partial charge in [-0.1, -0.05) is 27.7 Å². The molecule has 78 valence electrons. The summed E-state index contributed by atoms with van der Waals surface area (Å²) in [7, 11) is 8.22. The van der Waals surface area contributed by atoms with Crippen LogP contribution in [0.1, 0.15) is 27.7 Å². The van der Waals surface area contributed by atoms with Crippen LogP contribution in [0.2, 0.25) is 0 Å². The van der Waals surface area contributed by atoms with Crippen LogP contribution in [-0.4, -0.2) is 51.1 Å². The molecule has 0 spiro atoms. The Morgan fingerprint density at radius 3 is 0.750 bits per heavy atom. The summed E-state index contributed by atoms with van der Waals surface area (Å²) in [5.41, 5.74) is 0. The van der Waals surface area contributed by atoms with E-state index in [9.17, 15) is 0 Å². The van der Waals surface area contributed by atoms with Gasteiger partial charge in [-0.2, -0.15) is 0 Å². The van der Waals surface area contributed by atoms with Crippen molar-refractivity contribution in [3.63, 3.8) is 0 Å². The zero-order valence-electron chi connectivity index (χ0n) is 10.3. The maximum Gasteiger partial charge on any atom is -0.00533 e. The van der Waals surface area contributed by atoms with Gasteiger partial charge in [0.25, 0.3) is 0 Å². The average Bonchev–Trinajstić information content (AvgIpc) is 2.09. The molecule has 2 nitrogen and oxygen atoms in total. The van der Waals surface area contributed by atoms with Gasteiger partial charge < -0.3 is 9.80 Å². The van der Waals surface area contributed by atoms with E-state index in [1.165, 1.54) is 0 Å². The van der Waals surface area contributed by atoms with Crippen LogP contribution in [0, 0.1) is 0 Å². The highest BCUT2D eigenvalue weighted by atomic mass is 15.0. The molecule has 12 heavy (non-hydrogen) atoms. The molecule has 0 saturated carbocycles. The lowest BCUT2D eigenvalue weighted by Gasteiger charge is -2.00. The average molecular weight is 176 g/mol. The molecule has 0 amide bonds. The van der Waals surface area contributed by atoms with Crippen LogP contribution in [0.3, 0.4) is 0 Å². The quantitative estimate of drug-likeness (QED) is 0.636. The molecule has 0 N–H and O–H groups in total. The standard InChI is InChI=1S/2C4H11N.C2H6/c2*1-4-5(2)3;1-2/h2*4H2,1-3H3;1-2H3. The first-order chi connectivity index (χ1) is 5.54. The molecule has 0 radical (unpaired) electrons. The lowest BCUT2D eigenvalue weighted by Crippen LogP contribution is -2.08. The van der Waals surface area contributed by atoms with E-state index in [0.29, 0.717) is 0 Å². The zero-order valence-corrected chi connectivity index (χ0v) is 10.3. The molecule has 0 aromatic rings. The van der Waals surface area contributed by atoms with Crippen molar-refractivity contribution in [1.29, 1.82) is 0 Å². The third-order valence-corrected chi connectivity index (χ3v) is 1.26. The van der Waals surface area contributed by atoms with Crippen molar-refractivity contribution < 1.29 is 0 Å². The second kappa shape index (κ2) is 17.1. The van der Waals surface area contributed by atoms with Crippen LogP contribution in [0.5, 0.6) is 0 Å². The van der Waals surface area contributed by atoms with Gasteiger partial charge in [-0.25, -0.2) is 0 Å². The molecule has 0 rings (SSSR count). The van der Waals surface area contributed by atoms with E-state index in [0.717, 1.165) is 13.1 Å². The highest BCUT2D eigenvalue weighted by Crippen LogP contribution is 1.64. The SMILES string of the molecule is CC.CCN(C)C.CCN(C)C. The molecule has 0 aliphatic heterocycles. The van der Waals surface area contributed by atoms with E-state index in [2.05, 4.69) is 51.8 Å². The smallest absolute Gasteiger partial charge is 0.00533 e. The Morgan fingerprint density at radius 1 is 0.667 bits per heavy atom. The monoisotopic (exact) mass is 176 g/mol. The summed E-state index contributed by atoms with van der Waals surface area (Å²) < 4.78 is 0. The van der Waals surface area contributed by atoms with Crippen molar-refractivity contribution >= 4 is 0 Å². The largest absolute Gasteiger partial charge is 0.310 e. The maximum atomic E-state index is 2.12. The molecular formula is C10H28N2. The number of hydrogen-bond acceptors (Lipinski definition) is 2. The Bertz CT molecular complexity index is 43.8. The van der Waals surface area contributed by atoms with Crippen LogP contribution in [0.4, 0.5) is 0 Å². The van der Waals surface area contributed by atoms with Crippen molar-refractivity contribution in [2.75, 3.05) is 41.3 Å². The molecule has 0 bridgehead atoms. The number of rotatable bonds is 2. The Hall–Kier alpha value is -0.0800. The first kappa shape index (κ1) is 17.9. The molecule has 0 unspecified atom stereocenters. The molecule has 0 aliphatic carbocycles.